The smallest absolute Gasteiger partial charge is 0.207 e. The summed E-state index contributed by atoms with van der Waals surface area (Å²) in [4.78, 5) is 0. The summed E-state index contributed by atoms with van der Waals surface area (Å²) < 4.78 is 28.4. The molecule has 2 aromatic carbocycles. The minimum Gasteiger partial charge on any atom is -0.207 e. The standard InChI is InChI=1S/C19H16F2N/c1-14-10-12-22(13-11-14)19(15-2-6-17(20)7-3-15)16-4-8-18(21)9-5-16/h2-13,19H,1H3/q+1. The highest BCUT2D eigenvalue weighted by molar-refractivity contribution is 5.30. The van der Waals surface area contributed by atoms with Crippen LogP contribution in [0, 0.1) is 18.6 Å². The molecule has 0 radical (unpaired) electrons. The van der Waals surface area contributed by atoms with E-state index in [0.29, 0.717) is 0 Å². The third-order valence-corrected chi connectivity index (χ3v) is 3.69. The molecule has 0 unspecified atom stereocenters. The Morgan fingerprint density at radius 2 is 1.09 bits per heavy atom. The topological polar surface area (TPSA) is 3.88 Å². The van der Waals surface area contributed by atoms with Gasteiger partial charge in [0.05, 0.1) is 0 Å². The fourth-order valence-electron chi connectivity index (χ4n) is 2.51. The van der Waals surface area contributed by atoms with Crippen LogP contribution in [0.4, 0.5) is 8.78 Å². The number of rotatable bonds is 3. The molecule has 0 bridgehead atoms. The molecule has 0 aliphatic carbocycles. The minimum atomic E-state index is -0.268. The monoisotopic (exact) mass is 296 g/mol. The van der Waals surface area contributed by atoms with Gasteiger partial charge in [0.1, 0.15) is 11.6 Å². The van der Waals surface area contributed by atoms with E-state index in [2.05, 4.69) is 0 Å². The van der Waals surface area contributed by atoms with Crippen molar-refractivity contribution in [2.24, 2.45) is 0 Å². The van der Waals surface area contributed by atoms with E-state index >= 15 is 0 Å². The Morgan fingerprint density at radius 1 is 0.682 bits per heavy atom. The highest BCUT2D eigenvalue weighted by atomic mass is 19.1. The van der Waals surface area contributed by atoms with Gasteiger partial charge in [-0.15, -0.1) is 0 Å². The lowest BCUT2D eigenvalue weighted by atomic mass is 9.98. The molecule has 22 heavy (non-hydrogen) atoms. The number of benzene rings is 2. The van der Waals surface area contributed by atoms with Gasteiger partial charge in [-0.05, 0) is 61.0 Å². The van der Waals surface area contributed by atoms with Crippen LogP contribution in [0.5, 0.6) is 0 Å². The normalized spacial score (nSPS) is 10.9. The number of hydrogen-bond acceptors (Lipinski definition) is 0. The van der Waals surface area contributed by atoms with Gasteiger partial charge in [0.2, 0.25) is 6.04 Å². The Hall–Kier alpha value is -2.55. The number of aryl methyl sites for hydroxylation is 1. The van der Waals surface area contributed by atoms with E-state index in [1.165, 1.54) is 24.3 Å². The Bertz CT molecular complexity index is 639. The molecule has 0 amide bonds. The molecule has 0 atom stereocenters. The lowest BCUT2D eigenvalue weighted by Crippen LogP contribution is -2.40. The third-order valence-electron chi connectivity index (χ3n) is 3.69. The van der Waals surface area contributed by atoms with Crippen LogP contribution in [0.2, 0.25) is 0 Å². The summed E-state index contributed by atoms with van der Waals surface area (Å²) >= 11 is 0. The second-order valence-electron chi connectivity index (χ2n) is 5.33. The highest BCUT2D eigenvalue weighted by Gasteiger charge is 2.23. The van der Waals surface area contributed by atoms with Crippen molar-refractivity contribution in [1.82, 2.24) is 0 Å². The van der Waals surface area contributed by atoms with Crippen molar-refractivity contribution in [3.05, 3.63) is 101 Å². The fraction of sp³-hybridized carbons (Fsp3) is 0.105. The Kier molecular flexibility index (Phi) is 3.96. The molecule has 0 saturated heterocycles. The molecule has 0 spiro atoms. The summed E-state index contributed by atoms with van der Waals surface area (Å²) in [7, 11) is 0. The van der Waals surface area contributed by atoms with Crippen LogP contribution >= 0.6 is 0 Å². The average Bonchev–Trinajstić information content (AvgIpc) is 2.53. The third kappa shape index (κ3) is 3.03. The first-order chi connectivity index (χ1) is 10.6. The zero-order valence-corrected chi connectivity index (χ0v) is 12.2. The molecule has 3 heteroatoms. The summed E-state index contributed by atoms with van der Waals surface area (Å²) in [5.41, 5.74) is 3.05. The van der Waals surface area contributed by atoms with Crippen molar-refractivity contribution in [1.29, 1.82) is 0 Å². The van der Waals surface area contributed by atoms with Gasteiger partial charge >= 0.3 is 0 Å². The van der Waals surface area contributed by atoms with Crippen LogP contribution < -0.4 is 4.57 Å². The van der Waals surface area contributed by atoms with Crippen molar-refractivity contribution < 1.29 is 13.3 Å². The SMILES string of the molecule is Cc1cc[n+](C(c2ccc(F)cc2)c2ccc(F)cc2)cc1. The molecule has 0 fully saturated rings. The maximum Gasteiger partial charge on any atom is 0.208 e. The van der Waals surface area contributed by atoms with Gasteiger partial charge in [0.15, 0.2) is 12.4 Å². The van der Waals surface area contributed by atoms with Crippen molar-refractivity contribution in [2.75, 3.05) is 0 Å². The first-order valence-corrected chi connectivity index (χ1v) is 7.12. The van der Waals surface area contributed by atoms with Gasteiger partial charge in [-0.1, -0.05) is 0 Å². The van der Waals surface area contributed by atoms with E-state index in [0.717, 1.165) is 16.7 Å². The number of pyridine rings is 1. The fourth-order valence-corrected chi connectivity index (χ4v) is 2.51. The molecule has 1 nitrogen and oxygen atoms in total. The number of nitrogens with zero attached hydrogens (tertiary/aromatic N) is 1. The summed E-state index contributed by atoms with van der Waals surface area (Å²) in [5.74, 6) is -0.536. The second-order valence-corrected chi connectivity index (χ2v) is 5.33. The maximum atomic E-state index is 13.2. The van der Waals surface area contributed by atoms with Gasteiger partial charge < -0.3 is 0 Å². The molecule has 0 saturated carbocycles. The molecule has 3 rings (SSSR count). The molecule has 1 heterocycles. The van der Waals surface area contributed by atoms with Crippen LogP contribution in [-0.4, -0.2) is 0 Å². The first kappa shape index (κ1) is 14.4. The van der Waals surface area contributed by atoms with E-state index in [1.807, 2.05) is 36.0 Å². The summed E-state index contributed by atoms with van der Waals surface area (Å²) in [6.45, 7) is 2.02. The van der Waals surface area contributed by atoms with E-state index in [1.54, 1.807) is 24.3 Å². The Morgan fingerprint density at radius 3 is 1.50 bits per heavy atom. The van der Waals surface area contributed by atoms with E-state index in [4.69, 9.17) is 0 Å². The molecule has 110 valence electrons. The molecule has 1 aromatic heterocycles. The van der Waals surface area contributed by atoms with Crippen molar-refractivity contribution in [2.45, 2.75) is 13.0 Å². The Labute approximate surface area is 128 Å². The second kappa shape index (κ2) is 6.06. The highest BCUT2D eigenvalue weighted by Crippen LogP contribution is 2.22. The van der Waals surface area contributed by atoms with Crippen molar-refractivity contribution >= 4 is 0 Å². The van der Waals surface area contributed by atoms with Crippen LogP contribution in [-0.2, 0) is 0 Å². The van der Waals surface area contributed by atoms with Gasteiger partial charge in [-0.2, -0.15) is 4.57 Å². The number of halogens is 2. The number of aromatic nitrogens is 1. The van der Waals surface area contributed by atoms with Crippen molar-refractivity contribution in [3.8, 4) is 0 Å². The zero-order chi connectivity index (χ0) is 15.5. The minimum absolute atomic E-state index is 0.123. The quantitative estimate of drug-likeness (QED) is 0.638. The molecular formula is C19H16F2N+. The Balaban J connectivity index is 2.10. The predicted octanol–water partition coefficient (Wildman–Crippen LogP) is 4.20. The van der Waals surface area contributed by atoms with Gasteiger partial charge in [0.25, 0.3) is 0 Å². The lowest BCUT2D eigenvalue weighted by molar-refractivity contribution is -0.704. The van der Waals surface area contributed by atoms with Crippen LogP contribution in [0.15, 0.2) is 73.1 Å². The molecule has 0 aliphatic rings. The van der Waals surface area contributed by atoms with Gasteiger partial charge in [-0.25, -0.2) is 8.78 Å². The zero-order valence-electron chi connectivity index (χ0n) is 12.2. The van der Waals surface area contributed by atoms with Crippen LogP contribution in [0.25, 0.3) is 0 Å². The largest absolute Gasteiger partial charge is 0.208 e. The first-order valence-electron chi connectivity index (χ1n) is 7.12. The number of hydrogen-bond donors (Lipinski definition) is 0. The molecular weight excluding hydrogens is 280 g/mol. The summed E-state index contributed by atoms with van der Waals surface area (Å²) in [6.07, 6.45) is 3.96. The van der Waals surface area contributed by atoms with Crippen molar-refractivity contribution in [3.63, 3.8) is 0 Å². The maximum absolute atomic E-state index is 13.2. The lowest BCUT2D eigenvalue weighted by Gasteiger charge is -2.13. The molecule has 0 N–H and O–H groups in total. The van der Waals surface area contributed by atoms with Crippen LogP contribution in [0.3, 0.4) is 0 Å². The van der Waals surface area contributed by atoms with E-state index in [-0.39, 0.29) is 17.7 Å². The van der Waals surface area contributed by atoms with E-state index in [9.17, 15) is 8.78 Å². The summed E-state index contributed by atoms with van der Waals surface area (Å²) in [6, 6.07) is 16.7. The van der Waals surface area contributed by atoms with Gasteiger partial charge in [-0.3, -0.25) is 0 Å². The van der Waals surface area contributed by atoms with E-state index < -0.39 is 0 Å². The van der Waals surface area contributed by atoms with Gasteiger partial charge in [0, 0.05) is 23.3 Å². The summed E-state index contributed by atoms with van der Waals surface area (Å²) in [5, 5.41) is 0. The predicted molar refractivity (Wildman–Crippen MR) is 81.4 cm³/mol. The molecule has 0 aliphatic heterocycles. The van der Waals surface area contributed by atoms with Crippen LogP contribution in [0.1, 0.15) is 22.7 Å². The molecule has 3 aromatic rings. The average molecular weight is 296 g/mol.